The zero-order valence-electron chi connectivity index (χ0n) is 17.0. The number of amides is 1. The lowest BCUT2D eigenvalue weighted by atomic mass is 10.1. The van der Waals surface area contributed by atoms with Crippen molar-refractivity contribution in [1.82, 2.24) is 30.0 Å². The molecule has 0 spiro atoms. The molecule has 1 fully saturated rings. The topological polar surface area (TPSA) is 90.5 Å². The molecule has 5 rings (SSSR count). The SMILES string of the molecule is Cc1ccc(-c2cc(NC(=O)CSc3nnnn3C3CC3)n(-c3ccccc3)n2)cc1. The first kappa shape index (κ1) is 19.5. The number of aryl methyl sites for hydroxylation is 1. The minimum Gasteiger partial charge on any atom is -0.310 e. The third kappa shape index (κ3) is 4.36. The lowest BCUT2D eigenvalue weighted by molar-refractivity contribution is -0.113. The number of para-hydroxylation sites is 1. The highest BCUT2D eigenvalue weighted by Crippen LogP contribution is 2.36. The van der Waals surface area contributed by atoms with Crippen molar-refractivity contribution in [1.29, 1.82) is 0 Å². The van der Waals surface area contributed by atoms with Crippen LogP contribution in [0, 0.1) is 6.92 Å². The molecule has 1 aliphatic carbocycles. The summed E-state index contributed by atoms with van der Waals surface area (Å²) in [6.45, 7) is 2.05. The monoisotopic (exact) mass is 431 g/mol. The largest absolute Gasteiger partial charge is 0.310 e. The van der Waals surface area contributed by atoms with Crippen LogP contribution in [-0.4, -0.2) is 41.6 Å². The molecule has 0 saturated heterocycles. The van der Waals surface area contributed by atoms with Gasteiger partial charge < -0.3 is 5.32 Å². The van der Waals surface area contributed by atoms with Crippen molar-refractivity contribution in [2.75, 3.05) is 11.1 Å². The van der Waals surface area contributed by atoms with Gasteiger partial charge in [-0.05, 0) is 42.3 Å². The maximum absolute atomic E-state index is 12.7. The number of carbonyl (C=O) groups is 1. The Hall–Kier alpha value is -3.46. The normalized spacial score (nSPS) is 13.3. The molecule has 156 valence electrons. The molecular weight excluding hydrogens is 410 g/mol. The number of nitrogens with zero attached hydrogens (tertiary/aromatic N) is 6. The van der Waals surface area contributed by atoms with Gasteiger partial charge >= 0.3 is 0 Å². The fraction of sp³-hybridized carbons (Fsp3) is 0.227. The van der Waals surface area contributed by atoms with E-state index in [1.165, 1.54) is 17.3 Å². The van der Waals surface area contributed by atoms with Gasteiger partial charge in [-0.25, -0.2) is 9.36 Å². The van der Waals surface area contributed by atoms with Crippen LogP contribution in [-0.2, 0) is 4.79 Å². The molecule has 0 atom stereocenters. The van der Waals surface area contributed by atoms with Crippen LogP contribution >= 0.6 is 11.8 Å². The first-order valence-electron chi connectivity index (χ1n) is 10.1. The lowest BCUT2D eigenvalue weighted by Gasteiger charge is -2.08. The highest BCUT2D eigenvalue weighted by molar-refractivity contribution is 7.99. The smallest absolute Gasteiger partial charge is 0.236 e. The fourth-order valence-electron chi connectivity index (χ4n) is 3.24. The number of rotatable bonds is 7. The van der Waals surface area contributed by atoms with Crippen LogP contribution in [0.4, 0.5) is 5.82 Å². The lowest BCUT2D eigenvalue weighted by Crippen LogP contribution is -2.17. The second kappa shape index (κ2) is 8.35. The number of anilines is 1. The Balaban J connectivity index is 1.37. The summed E-state index contributed by atoms with van der Waals surface area (Å²) >= 11 is 1.34. The summed E-state index contributed by atoms with van der Waals surface area (Å²) in [5, 5.41) is 20.2. The molecule has 1 saturated carbocycles. The van der Waals surface area contributed by atoms with Crippen molar-refractivity contribution in [2.24, 2.45) is 0 Å². The van der Waals surface area contributed by atoms with Crippen LogP contribution in [0.3, 0.4) is 0 Å². The molecule has 1 aliphatic rings. The molecule has 2 heterocycles. The van der Waals surface area contributed by atoms with E-state index in [0.29, 0.717) is 17.0 Å². The Kier molecular flexibility index (Phi) is 5.25. The van der Waals surface area contributed by atoms with Gasteiger partial charge in [0.1, 0.15) is 5.82 Å². The highest BCUT2D eigenvalue weighted by atomic mass is 32.2. The number of carbonyl (C=O) groups excluding carboxylic acids is 1. The molecule has 0 unspecified atom stereocenters. The Morgan fingerprint density at radius 3 is 2.65 bits per heavy atom. The molecule has 0 bridgehead atoms. The van der Waals surface area contributed by atoms with Gasteiger partial charge in [-0.3, -0.25) is 4.79 Å². The Morgan fingerprint density at radius 2 is 1.90 bits per heavy atom. The van der Waals surface area contributed by atoms with Gasteiger partial charge in [-0.2, -0.15) is 5.10 Å². The molecule has 0 aliphatic heterocycles. The van der Waals surface area contributed by atoms with Crippen LogP contribution in [0.5, 0.6) is 0 Å². The molecule has 4 aromatic rings. The minimum atomic E-state index is -0.136. The molecule has 1 N–H and O–H groups in total. The van der Waals surface area contributed by atoms with Crippen LogP contribution in [0.1, 0.15) is 24.4 Å². The number of hydrogen-bond donors (Lipinski definition) is 1. The van der Waals surface area contributed by atoms with Crippen molar-refractivity contribution >= 4 is 23.5 Å². The van der Waals surface area contributed by atoms with Gasteiger partial charge in [0.25, 0.3) is 0 Å². The average Bonchev–Trinajstić information content (AvgIpc) is 3.38. The first-order chi connectivity index (χ1) is 15.2. The van der Waals surface area contributed by atoms with E-state index in [0.717, 1.165) is 29.8 Å². The Labute approximate surface area is 183 Å². The van der Waals surface area contributed by atoms with E-state index < -0.39 is 0 Å². The standard InChI is InChI=1S/C22H21N7OS/c1-15-7-9-16(10-8-15)19-13-20(28(25-19)17-5-3-2-4-6-17)23-21(30)14-31-22-24-26-27-29(22)18-11-12-18/h2-10,13,18H,11-12,14H2,1H3,(H,23,30). The van der Waals surface area contributed by atoms with Gasteiger partial charge in [0.15, 0.2) is 0 Å². The van der Waals surface area contributed by atoms with Crippen molar-refractivity contribution in [3.8, 4) is 16.9 Å². The van der Waals surface area contributed by atoms with Crippen molar-refractivity contribution in [3.63, 3.8) is 0 Å². The third-order valence-corrected chi connectivity index (χ3v) is 5.95. The van der Waals surface area contributed by atoms with Crippen molar-refractivity contribution < 1.29 is 4.79 Å². The number of nitrogens with one attached hydrogen (secondary N) is 1. The number of hydrogen-bond acceptors (Lipinski definition) is 6. The Bertz CT molecular complexity index is 1200. The predicted molar refractivity (Wildman–Crippen MR) is 119 cm³/mol. The summed E-state index contributed by atoms with van der Waals surface area (Å²) in [7, 11) is 0. The molecule has 0 radical (unpaired) electrons. The Morgan fingerprint density at radius 1 is 1.13 bits per heavy atom. The summed E-state index contributed by atoms with van der Waals surface area (Å²) in [5.74, 6) is 0.699. The molecular formula is C22H21N7OS. The van der Waals surface area contributed by atoms with E-state index in [2.05, 4.69) is 39.9 Å². The third-order valence-electron chi connectivity index (χ3n) is 5.01. The zero-order valence-corrected chi connectivity index (χ0v) is 17.8. The molecule has 2 aromatic carbocycles. The highest BCUT2D eigenvalue weighted by Gasteiger charge is 2.28. The van der Waals surface area contributed by atoms with Crippen LogP contribution in [0.2, 0.25) is 0 Å². The van der Waals surface area contributed by atoms with Crippen molar-refractivity contribution in [3.05, 3.63) is 66.2 Å². The second-order valence-corrected chi connectivity index (χ2v) is 8.44. The summed E-state index contributed by atoms with van der Waals surface area (Å²) in [5.41, 5.74) is 3.85. The predicted octanol–water partition coefficient (Wildman–Crippen LogP) is 3.90. The molecule has 2 aromatic heterocycles. The average molecular weight is 432 g/mol. The minimum absolute atomic E-state index is 0.136. The summed E-state index contributed by atoms with van der Waals surface area (Å²) in [4.78, 5) is 12.7. The molecule has 31 heavy (non-hydrogen) atoms. The number of aromatic nitrogens is 6. The van der Waals surface area contributed by atoms with Crippen LogP contribution in [0.25, 0.3) is 16.9 Å². The number of thioether (sulfide) groups is 1. The van der Waals surface area contributed by atoms with E-state index in [9.17, 15) is 4.79 Å². The second-order valence-electron chi connectivity index (χ2n) is 7.50. The summed E-state index contributed by atoms with van der Waals surface area (Å²) < 4.78 is 3.56. The number of tetrazole rings is 1. The van der Waals surface area contributed by atoms with Gasteiger partial charge in [0, 0.05) is 11.6 Å². The van der Waals surface area contributed by atoms with Gasteiger partial charge in [-0.15, -0.1) is 5.10 Å². The van der Waals surface area contributed by atoms with E-state index in [1.807, 2.05) is 53.2 Å². The maximum Gasteiger partial charge on any atom is 0.236 e. The molecule has 1 amide bonds. The van der Waals surface area contributed by atoms with Crippen LogP contribution in [0.15, 0.2) is 65.8 Å². The van der Waals surface area contributed by atoms with E-state index in [1.54, 1.807) is 4.68 Å². The maximum atomic E-state index is 12.7. The van der Waals surface area contributed by atoms with E-state index >= 15 is 0 Å². The van der Waals surface area contributed by atoms with Crippen molar-refractivity contribution in [2.45, 2.75) is 31.0 Å². The van der Waals surface area contributed by atoms with Gasteiger partial charge in [0.05, 0.1) is 23.2 Å². The molecule has 8 nitrogen and oxygen atoms in total. The van der Waals surface area contributed by atoms with Crippen LogP contribution < -0.4 is 5.32 Å². The number of benzene rings is 2. The van der Waals surface area contributed by atoms with Gasteiger partial charge in [0.2, 0.25) is 11.1 Å². The first-order valence-corrected chi connectivity index (χ1v) is 11.1. The fourth-order valence-corrected chi connectivity index (χ4v) is 3.98. The van der Waals surface area contributed by atoms with Gasteiger partial charge in [-0.1, -0.05) is 59.8 Å². The summed E-state index contributed by atoms with van der Waals surface area (Å²) in [6, 6.07) is 20.2. The zero-order chi connectivity index (χ0) is 21.2. The van der Waals surface area contributed by atoms with E-state index in [4.69, 9.17) is 5.10 Å². The molecule has 9 heteroatoms. The summed E-state index contributed by atoms with van der Waals surface area (Å²) in [6.07, 6.45) is 2.17. The van der Waals surface area contributed by atoms with E-state index in [-0.39, 0.29) is 11.7 Å². The quantitative estimate of drug-likeness (QED) is 0.446.